The third-order valence-electron chi connectivity index (χ3n) is 2.92. The van der Waals surface area contributed by atoms with E-state index >= 15 is 0 Å². The zero-order chi connectivity index (χ0) is 15.8. The molecule has 6 heteroatoms. The first-order chi connectivity index (χ1) is 9.97. The average Bonchev–Trinajstić information content (AvgIpc) is 2.45. The molecule has 0 aliphatic rings. The van der Waals surface area contributed by atoms with Crippen LogP contribution in [0.1, 0.15) is 37.0 Å². The lowest BCUT2D eigenvalue weighted by atomic mass is 10.2. The van der Waals surface area contributed by atoms with E-state index in [0.717, 1.165) is 12.8 Å². The molecule has 0 bridgehead atoms. The normalized spacial score (nSPS) is 11.6. The summed E-state index contributed by atoms with van der Waals surface area (Å²) in [5, 5.41) is 2.83. The second kappa shape index (κ2) is 8.14. The van der Waals surface area contributed by atoms with Gasteiger partial charge in [0.25, 0.3) is 5.91 Å². The Hall–Kier alpha value is -2.24. The lowest BCUT2D eigenvalue weighted by Crippen LogP contribution is -2.36. The Bertz CT molecular complexity index is 502. The number of nitrogens with two attached hydrogens (primary N) is 1. The summed E-state index contributed by atoms with van der Waals surface area (Å²) >= 11 is 0. The molecule has 0 radical (unpaired) electrons. The van der Waals surface area contributed by atoms with Crippen molar-refractivity contribution in [2.45, 2.75) is 32.7 Å². The molecule has 21 heavy (non-hydrogen) atoms. The van der Waals surface area contributed by atoms with Crippen molar-refractivity contribution in [2.75, 3.05) is 19.5 Å². The van der Waals surface area contributed by atoms with Gasteiger partial charge in [-0.1, -0.05) is 13.3 Å². The SMILES string of the molecule is CCCC(C)NC(=O)COc1ccc(C(=O)OC)cc1N. The predicted molar refractivity (Wildman–Crippen MR) is 80.2 cm³/mol. The van der Waals surface area contributed by atoms with Crippen LogP contribution in [0.3, 0.4) is 0 Å². The molecular formula is C15H22N2O4. The largest absolute Gasteiger partial charge is 0.482 e. The fourth-order valence-electron chi connectivity index (χ4n) is 1.89. The van der Waals surface area contributed by atoms with Crippen LogP contribution in [-0.4, -0.2) is 31.6 Å². The van der Waals surface area contributed by atoms with Crippen molar-refractivity contribution in [3.8, 4) is 5.75 Å². The van der Waals surface area contributed by atoms with Gasteiger partial charge < -0.3 is 20.5 Å². The van der Waals surface area contributed by atoms with Crippen molar-refractivity contribution in [1.82, 2.24) is 5.32 Å². The summed E-state index contributed by atoms with van der Waals surface area (Å²) in [6.45, 7) is 3.89. The Labute approximate surface area is 124 Å². The molecule has 0 aromatic heterocycles. The number of anilines is 1. The van der Waals surface area contributed by atoms with Gasteiger partial charge in [0.15, 0.2) is 6.61 Å². The van der Waals surface area contributed by atoms with Gasteiger partial charge in [0.1, 0.15) is 5.75 Å². The van der Waals surface area contributed by atoms with E-state index in [1.807, 2.05) is 6.92 Å². The van der Waals surface area contributed by atoms with Crippen molar-refractivity contribution in [1.29, 1.82) is 0 Å². The maximum atomic E-state index is 11.7. The maximum Gasteiger partial charge on any atom is 0.337 e. The molecule has 0 saturated carbocycles. The monoisotopic (exact) mass is 294 g/mol. The van der Waals surface area contributed by atoms with Crippen LogP contribution in [0.25, 0.3) is 0 Å². The molecule has 1 aromatic carbocycles. The fourth-order valence-corrected chi connectivity index (χ4v) is 1.89. The van der Waals surface area contributed by atoms with Crippen LogP contribution in [0.2, 0.25) is 0 Å². The Morgan fingerprint density at radius 1 is 1.38 bits per heavy atom. The maximum absolute atomic E-state index is 11.7. The molecule has 1 rings (SSSR count). The van der Waals surface area contributed by atoms with Crippen LogP contribution in [-0.2, 0) is 9.53 Å². The van der Waals surface area contributed by atoms with Gasteiger partial charge in [-0.25, -0.2) is 4.79 Å². The van der Waals surface area contributed by atoms with Gasteiger partial charge in [-0.2, -0.15) is 0 Å². The van der Waals surface area contributed by atoms with Crippen LogP contribution < -0.4 is 15.8 Å². The van der Waals surface area contributed by atoms with E-state index in [0.29, 0.717) is 11.3 Å². The molecule has 0 spiro atoms. The molecule has 1 unspecified atom stereocenters. The summed E-state index contributed by atoms with van der Waals surface area (Å²) < 4.78 is 9.95. The number of carbonyl (C=O) groups excluding carboxylic acids is 2. The smallest absolute Gasteiger partial charge is 0.337 e. The van der Waals surface area contributed by atoms with Crippen LogP contribution >= 0.6 is 0 Å². The van der Waals surface area contributed by atoms with E-state index < -0.39 is 5.97 Å². The third kappa shape index (κ3) is 5.33. The van der Waals surface area contributed by atoms with Gasteiger partial charge in [0, 0.05) is 6.04 Å². The number of benzene rings is 1. The number of carbonyl (C=O) groups is 2. The van der Waals surface area contributed by atoms with Crippen molar-refractivity contribution in [3.05, 3.63) is 23.8 Å². The highest BCUT2D eigenvalue weighted by molar-refractivity contribution is 5.91. The standard InChI is InChI=1S/C15H22N2O4/c1-4-5-10(2)17-14(18)9-21-13-7-6-11(8-12(13)16)15(19)20-3/h6-8,10H,4-5,9,16H2,1-3H3,(H,17,18). The molecule has 0 fully saturated rings. The van der Waals surface area contributed by atoms with Crippen molar-refractivity contribution in [2.24, 2.45) is 0 Å². The molecule has 0 aliphatic carbocycles. The lowest BCUT2D eigenvalue weighted by Gasteiger charge is -2.14. The molecule has 0 aliphatic heterocycles. The number of hydrogen-bond donors (Lipinski definition) is 2. The summed E-state index contributed by atoms with van der Waals surface area (Å²) in [6, 6.07) is 4.66. The van der Waals surface area contributed by atoms with Gasteiger partial charge in [0.05, 0.1) is 18.4 Å². The van der Waals surface area contributed by atoms with Gasteiger partial charge in [-0.05, 0) is 31.5 Å². The Morgan fingerprint density at radius 2 is 2.10 bits per heavy atom. The summed E-state index contributed by atoms with van der Waals surface area (Å²) in [4.78, 5) is 23.0. The predicted octanol–water partition coefficient (Wildman–Crippen LogP) is 1.74. The van der Waals surface area contributed by atoms with E-state index in [1.54, 1.807) is 6.07 Å². The van der Waals surface area contributed by atoms with Crippen LogP contribution in [0.15, 0.2) is 18.2 Å². The molecule has 3 N–H and O–H groups in total. The minimum absolute atomic E-state index is 0.115. The number of amides is 1. The van der Waals surface area contributed by atoms with Crippen molar-refractivity contribution >= 4 is 17.6 Å². The summed E-state index contributed by atoms with van der Waals surface area (Å²) in [7, 11) is 1.30. The van der Waals surface area contributed by atoms with E-state index in [-0.39, 0.29) is 24.2 Å². The Morgan fingerprint density at radius 3 is 2.67 bits per heavy atom. The van der Waals surface area contributed by atoms with Crippen LogP contribution in [0, 0.1) is 0 Å². The zero-order valence-electron chi connectivity index (χ0n) is 12.6. The Kier molecular flexibility index (Phi) is 6.52. The number of hydrogen-bond acceptors (Lipinski definition) is 5. The second-order valence-electron chi connectivity index (χ2n) is 4.79. The van der Waals surface area contributed by atoms with Crippen molar-refractivity contribution in [3.63, 3.8) is 0 Å². The molecule has 6 nitrogen and oxygen atoms in total. The number of esters is 1. The number of nitrogen functional groups attached to an aromatic ring is 1. The minimum Gasteiger partial charge on any atom is -0.482 e. The Balaban J connectivity index is 2.56. The van der Waals surface area contributed by atoms with Crippen LogP contribution in [0.4, 0.5) is 5.69 Å². The van der Waals surface area contributed by atoms with Gasteiger partial charge in [0.2, 0.25) is 0 Å². The van der Waals surface area contributed by atoms with E-state index in [2.05, 4.69) is 17.0 Å². The molecule has 1 aromatic rings. The lowest BCUT2D eigenvalue weighted by molar-refractivity contribution is -0.123. The molecule has 0 saturated heterocycles. The van der Waals surface area contributed by atoms with Gasteiger partial charge >= 0.3 is 5.97 Å². The van der Waals surface area contributed by atoms with E-state index in [9.17, 15) is 9.59 Å². The number of ether oxygens (including phenoxy) is 2. The molecule has 1 atom stereocenters. The zero-order valence-corrected chi connectivity index (χ0v) is 12.6. The number of nitrogens with one attached hydrogen (secondary N) is 1. The van der Waals surface area contributed by atoms with E-state index in [4.69, 9.17) is 10.5 Å². The van der Waals surface area contributed by atoms with Gasteiger partial charge in [-0.15, -0.1) is 0 Å². The first-order valence-corrected chi connectivity index (χ1v) is 6.88. The molecule has 116 valence electrons. The third-order valence-corrected chi connectivity index (χ3v) is 2.92. The molecule has 1 amide bonds. The quantitative estimate of drug-likeness (QED) is 0.590. The molecular weight excluding hydrogens is 272 g/mol. The summed E-state index contributed by atoms with van der Waals surface area (Å²) in [6.07, 6.45) is 1.92. The topological polar surface area (TPSA) is 90.6 Å². The highest BCUT2D eigenvalue weighted by Gasteiger charge is 2.11. The molecule has 0 heterocycles. The first-order valence-electron chi connectivity index (χ1n) is 6.88. The highest BCUT2D eigenvalue weighted by Crippen LogP contribution is 2.22. The fraction of sp³-hybridized carbons (Fsp3) is 0.467. The average molecular weight is 294 g/mol. The first kappa shape index (κ1) is 16.8. The van der Waals surface area contributed by atoms with Crippen LogP contribution in [0.5, 0.6) is 5.75 Å². The van der Waals surface area contributed by atoms with Crippen molar-refractivity contribution < 1.29 is 19.1 Å². The van der Waals surface area contributed by atoms with E-state index in [1.165, 1.54) is 19.2 Å². The van der Waals surface area contributed by atoms with Gasteiger partial charge in [-0.3, -0.25) is 4.79 Å². The number of methoxy groups -OCH3 is 1. The summed E-state index contributed by atoms with van der Waals surface area (Å²) in [5.74, 6) is -0.312. The summed E-state index contributed by atoms with van der Waals surface area (Å²) in [5.41, 5.74) is 6.41. The minimum atomic E-state index is -0.473. The number of rotatable bonds is 7. The highest BCUT2D eigenvalue weighted by atomic mass is 16.5. The second-order valence-corrected chi connectivity index (χ2v) is 4.79.